The number of likely N-dealkylation sites (tertiary alicyclic amines) is 2. The van der Waals surface area contributed by atoms with Crippen molar-refractivity contribution in [1.29, 1.82) is 0 Å². The average molecular weight is 568 g/mol. The van der Waals surface area contributed by atoms with Crippen molar-refractivity contribution in [1.82, 2.24) is 14.7 Å². The van der Waals surface area contributed by atoms with Gasteiger partial charge in [-0.05, 0) is 124 Å². The van der Waals surface area contributed by atoms with Crippen LogP contribution in [0.2, 0.25) is 0 Å². The molecule has 6 nitrogen and oxygen atoms in total. The SMILES string of the molecule is CC(CCC(=O)N(C)C1CCN(C(=O)N2CCCC2)CC1)[C@H]1CC[C@H]2[C@@H]3CC=C4C[C@@H](O)CC[C@]4(C)[C@H]3CC[C@]12C. The predicted molar refractivity (Wildman–Crippen MR) is 163 cm³/mol. The van der Waals surface area contributed by atoms with Crippen LogP contribution in [0.3, 0.4) is 0 Å². The molecule has 8 atom stereocenters. The monoisotopic (exact) mass is 567 g/mol. The van der Waals surface area contributed by atoms with Crippen LogP contribution in [0.15, 0.2) is 11.6 Å². The van der Waals surface area contributed by atoms with E-state index in [2.05, 4.69) is 26.8 Å². The zero-order valence-corrected chi connectivity index (χ0v) is 26.5. The summed E-state index contributed by atoms with van der Waals surface area (Å²) in [4.78, 5) is 32.1. The Hall–Kier alpha value is -1.56. The van der Waals surface area contributed by atoms with E-state index in [1.54, 1.807) is 5.57 Å². The van der Waals surface area contributed by atoms with Crippen LogP contribution in [0.1, 0.15) is 111 Å². The first-order chi connectivity index (χ1) is 19.6. The average Bonchev–Trinajstić information content (AvgIpc) is 3.63. The van der Waals surface area contributed by atoms with E-state index in [0.29, 0.717) is 29.1 Å². The van der Waals surface area contributed by atoms with Crippen molar-refractivity contribution in [3.8, 4) is 0 Å². The second-order valence-electron chi connectivity index (χ2n) is 15.6. The standard InChI is InChI=1S/C35H57N3O3/c1-24(7-12-32(40)36(4)26-15-21-38(22-16-26)33(41)37-19-5-6-20-37)29-10-11-30-28-9-8-25-23-27(39)13-17-34(25,2)31(28)14-18-35(29,30)3/h8,24,26-31,39H,5-7,9-23H2,1-4H3/t24?,27-,28-,29+,30-,31-,34-,35+/m0/s1. The molecule has 6 rings (SSSR count). The topological polar surface area (TPSA) is 64.1 Å². The third kappa shape index (κ3) is 5.27. The van der Waals surface area contributed by atoms with Gasteiger partial charge in [0, 0.05) is 45.7 Å². The summed E-state index contributed by atoms with van der Waals surface area (Å²) in [5, 5.41) is 10.3. The van der Waals surface area contributed by atoms with Crippen LogP contribution in [0.4, 0.5) is 4.79 Å². The van der Waals surface area contributed by atoms with Crippen molar-refractivity contribution in [2.45, 2.75) is 123 Å². The zero-order chi connectivity index (χ0) is 28.9. The maximum absolute atomic E-state index is 13.3. The second-order valence-corrected chi connectivity index (χ2v) is 15.6. The lowest BCUT2D eigenvalue weighted by Crippen LogP contribution is -2.51. The van der Waals surface area contributed by atoms with Crippen LogP contribution in [0.5, 0.6) is 0 Å². The molecule has 0 aromatic carbocycles. The first kappa shape index (κ1) is 29.5. The molecule has 0 spiro atoms. The summed E-state index contributed by atoms with van der Waals surface area (Å²) in [6.45, 7) is 10.9. The van der Waals surface area contributed by atoms with Gasteiger partial charge in [-0.2, -0.15) is 0 Å². The van der Waals surface area contributed by atoms with E-state index in [9.17, 15) is 14.7 Å². The second kappa shape index (κ2) is 11.5. The minimum Gasteiger partial charge on any atom is -0.393 e. The molecule has 4 aliphatic carbocycles. The van der Waals surface area contributed by atoms with Crippen LogP contribution in [-0.4, -0.2) is 77.1 Å². The van der Waals surface area contributed by atoms with Crippen molar-refractivity contribution < 1.29 is 14.7 Å². The molecule has 3 saturated carbocycles. The van der Waals surface area contributed by atoms with Gasteiger partial charge in [-0.1, -0.05) is 32.4 Å². The Balaban J connectivity index is 1.01. The third-order valence-corrected chi connectivity index (χ3v) is 13.7. The quantitative estimate of drug-likeness (QED) is 0.387. The molecule has 2 aliphatic heterocycles. The maximum Gasteiger partial charge on any atom is 0.319 e. The Morgan fingerprint density at radius 1 is 0.976 bits per heavy atom. The molecular formula is C35H57N3O3. The van der Waals surface area contributed by atoms with E-state index < -0.39 is 0 Å². The van der Waals surface area contributed by atoms with Gasteiger partial charge in [0.1, 0.15) is 0 Å². The zero-order valence-electron chi connectivity index (χ0n) is 26.5. The molecule has 0 bridgehead atoms. The minimum absolute atomic E-state index is 0.130. The summed E-state index contributed by atoms with van der Waals surface area (Å²) in [5.41, 5.74) is 2.28. The van der Waals surface area contributed by atoms with Gasteiger partial charge >= 0.3 is 6.03 Å². The molecule has 2 heterocycles. The number of urea groups is 1. The number of hydrogen-bond donors (Lipinski definition) is 1. The van der Waals surface area contributed by atoms with Crippen LogP contribution in [-0.2, 0) is 4.79 Å². The normalized spacial score (nSPS) is 39.9. The molecule has 6 heteroatoms. The number of aliphatic hydroxyl groups excluding tert-OH is 1. The van der Waals surface area contributed by atoms with E-state index in [0.717, 1.165) is 101 Å². The summed E-state index contributed by atoms with van der Waals surface area (Å²) >= 11 is 0. The first-order valence-corrected chi connectivity index (χ1v) is 17.3. The highest BCUT2D eigenvalue weighted by Crippen LogP contribution is 2.67. The highest BCUT2D eigenvalue weighted by Gasteiger charge is 2.59. The highest BCUT2D eigenvalue weighted by molar-refractivity contribution is 5.76. The molecule has 3 amide bonds. The van der Waals surface area contributed by atoms with Crippen LogP contribution < -0.4 is 0 Å². The van der Waals surface area contributed by atoms with E-state index in [1.165, 1.54) is 32.1 Å². The smallest absolute Gasteiger partial charge is 0.319 e. The molecular weight excluding hydrogens is 510 g/mol. The van der Waals surface area contributed by atoms with Crippen LogP contribution >= 0.6 is 0 Å². The van der Waals surface area contributed by atoms with Crippen LogP contribution in [0.25, 0.3) is 0 Å². The fourth-order valence-corrected chi connectivity index (χ4v) is 11.1. The number of amides is 3. The number of carbonyl (C=O) groups excluding carboxylic acids is 2. The predicted octanol–water partition coefficient (Wildman–Crippen LogP) is 6.48. The number of allylic oxidation sites excluding steroid dienone is 1. The van der Waals surface area contributed by atoms with Gasteiger partial charge in [0.25, 0.3) is 0 Å². The van der Waals surface area contributed by atoms with Gasteiger partial charge in [0.15, 0.2) is 0 Å². The number of carbonyl (C=O) groups is 2. The largest absolute Gasteiger partial charge is 0.393 e. The van der Waals surface area contributed by atoms with E-state index in [1.807, 2.05) is 21.7 Å². The van der Waals surface area contributed by atoms with Gasteiger partial charge in [-0.25, -0.2) is 4.79 Å². The van der Waals surface area contributed by atoms with Crippen molar-refractivity contribution >= 4 is 11.9 Å². The Kier molecular flexibility index (Phi) is 8.28. The molecule has 2 saturated heterocycles. The van der Waals surface area contributed by atoms with E-state index in [-0.39, 0.29) is 18.2 Å². The van der Waals surface area contributed by atoms with Crippen LogP contribution in [0, 0.1) is 40.4 Å². The van der Waals surface area contributed by atoms with E-state index in [4.69, 9.17) is 0 Å². The Morgan fingerprint density at radius 3 is 2.41 bits per heavy atom. The first-order valence-electron chi connectivity index (χ1n) is 17.3. The lowest BCUT2D eigenvalue weighted by Gasteiger charge is -2.58. The minimum atomic E-state index is -0.130. The number of aliphatic hydroxyl groups is 1. The molecule has 6 aliphatic rings. The Bertz CT molecular complexity index is 1010. The van der Waals surface area contributed by atoms with Gasteiger partial charge in [0.2, 0.25) is 5.91 Å². The summed E-state index contributed by atoms with van der Waals surface area (Å²) in [7, 11) is 2.00. The number of hydrogen-bond acceptors (Lipinski definition) is 3. The fourth-order valence-electron chi connectivity index (χ4n) is 11.1. The number of rotatable bonds is 5. The van der Waals surface area contributed by atoms with Crippen molar-refractivity contribution in [2.24, 2.45) is 40.4 Å². The summed E-state index contributed by atoms with van der Waals surface area (Å²) in [5.74, 6) is 3.98. The molecule has 41 heavy (non-hydrogen) atoms. The van der Waals surface area contributed by atoms with Gasteiger partial charge < -0.3 is 19.8 Å². The molecule has 0 aromatic rings. The molecule has 1 N–H and O–H groups in total. The fraction of sp³-hybridized carbons (Fsp3) is 0.886. The van der Waals surface area contributed by atoms with Gasteiger partial charge in [-0.15, -0.1) is 0 Å². The number of fused-ring (bicyclic) bond motifs is 5. The molecule has 230 valence electrons. The Morgan fingerprint density at radius 2 is 1.68 bits per heavy atom. The van der Waals surface area contributed by atoms with E-state index >= 15 is 0 Å². The van der Waals surface area contributed by atoms with Crippen molar-refractivity contribution in [3.05, 3.63) is 11.6 Å². The lowest BCUT2D eigenvalue weighted by atomic mass is 9.47. The van der Waals surface area contributed by atoms with Crippen molar-refractivity contribution in [3.63, 3.8) is 0 Å². The molecule has 0 aromatic heterocycles. The lowest BCUT2D eigenvalue weighted by molar-refractivity contribution is -0.133. The van der Waals surface area contributed by atoms with Crippen molar-refractivity contribution in [2.75, 3.05) is 33.2 Å². The molecule has 0 radical (unpaired) electrons. The summed E-state index contributed by atoms with van der Waals surface area (Å²) in [6.07, 6.45) is 17.7. The summed E-state index contributed by atoms with van der Waals surface area (Å²) < 4.78 is 0. The van der Waals surface area contributed by atoms with Gasteiger partial charge in [-0.3, -0.25) is 4.79 Å². The maximum atomic E-state index is 13.3. The third-order valence-electron chi connectivity index (χ3n) is 13.7. The molecule has 5 fully saturated rings. The number of nitrogens with zero attached hydrogens (tertiary/aromatic N) is 3. The molecule has 1 unspecified atom stereocenters. The number of piperidine rings is 1. The van der Waals surface area contributed by atoms with Gasteiger partial charge in [0.05, 0.1) is 6.10 Å². The Labute approximate surface area is 249 Å². The highest BCUT2D eigenvalue weighted by atomic mass is 16.3. The summed E-state index contributed by atoms with van der Waals surface area (Å²) in [6, 6.07) is 0.466.